The van der Waals surface area contributed by atoms with E-state index in [1.54, 1.807) is 6.33 Å². The third-order valence-corrected chi connectivity index (χ3v) is 3.58. The number of aromatic nitrogens is 3. The van der Waals surface area contributed by atoms with Gasteiger partial charge in [0, 0.05) is 18.3 Å². The third-order valence-electron chi connectivity index (χ3n) is 3.01. The summed E-state index contributed by atoms with van der Waals surface area (Å²) in [7, 11) is 0. The van der Waals surface area contributed by atoms with Crippen molar-refractivity contribution in [3.8, 4) is 0 Å². The summed E-state index contributed by atoms with van der Waals surface area (Å²) in [6.07, 6.45) is 6.29. The van der Waals surface area contributed by atoms with E-state index in [0.29, 0.717) is 11.3 Å². The number of rotatable bonds is 3. The summed E-state index contributed by atoms with van der Waals surface area (Å²) in [6.45, 7) is 2.99. The highest BCUT2D eigenvalue weighted by Crippen LogP contribution is 2.32. The minimum absolute atomic E-state index is 0.344. The molecule has 1 aromatic heterocycles. The predicted octanol–water partition coefficient (Wildman–Crippen LogP) is 2.25. The summed E-state index contributed by atoms with van der Waals surface area (Å²) >= 11 is 6.23. The van der Waals surface area contributed by atoms with Gasteiger partial charge in [0.1, 0.15) is 12.2 Å². The number of hydrogen-bond acceptors (Lipinski definition) is 2. The Morgan fingerprint density at radius 2 is 2.43 bits per heavy atom. The standard InChI is InChI=1S/C10H16ClN3/c1-2-14-10(12-7-13-14)6-8-4-3-5-9(8)11/h7-9H,2-6H2,1H3. The molecule has 0 saturated heterocycles. The van der Waals surface area contributed by atoms with E-state index >= 15 is 0 Å². The van der Waals surface area contributed by atoms with Gasteiger partial charge < -0.3 is 0 Å². The Kier molecular flexibility index (Phi) is 3.06. The second kappa shape index (κ2) is 4.30. The van der Waals surface area contributed by atoms with E-state index in [2.05, 4.69) is 17.0 Å². The molecule has 0 N–H and O–H groups in total. The van der Waals surface area contributed by atoms with E-state index in [4.69, 9.17) is 11.6 Å². The quantitative estimate of drug-likeness (QED) is 0.722. The zero-order valence-corrected chi connectivity index (χ0v) is 9.24. The summed E-state index contributed by atoms with van der Waals surface area (Å²) in [6, 6.07) is 0. The lowest BCUT2D eigenvalue weighted by molar-refractivity contribution is 0.504. The molecule has 14 heavy (non-hydrogen) atoms. The highest BCUT2D eigenvalue weighted by atomic mass is 35.5. The molecule has 1 fully saturated rings. The third kappa shape index (κ3) is 1.92. The van der Waals surface area contributed by atoms with Crippen LogP contribution in [0.1, 0.15) is 32.0 Å². The molecule has 4 heteroatoms. The molecule has 1 saturated carbocycles. The molecule has 1 aliphatic rings. The van der Waals surface area contributed by atoms with Gasteiger partial charge in [-0.2, -0.15) is 5.10 Å². The van der Waals surface area contributed by atoms with Crippen molar-refractivity contribution >= 4 is 11.6 Å². The van der Waals surface area contributed by atoms with E-state index in [9.17, 15) is 0 Å². The van der Waals surface area contributed by atoms with E-state index in [-0.39, 0.29) is 0 Å². The van der Waals surface area contributed by atoms with Gasteiger partial charge in [-0.25, -0.2) is 4.98 Å². The maximum absolute atomic E-state index is 6.23. The highest BCUT2D eigenvalue weighted by molar-refractivity contribution is 6.20. The average Bonchev–Trinajstić information content (AvgIpc) is 2.77. The molecule has 1 aliphatic carbocycles. The molecule has 0 bridgehead atoms. The van der Waals surface area contributed by atoms with Crippen LogP contribution in [-0.4, -0.2) is 20.1 Å². The zero-order chi connectivity index (χ0) is 9.97. The molecule has 2 rings (SSSR count). The Morgan fingerprint density at radius 1 is 1.57 bits per heavy atom. The van der Waals surface area contributed by atoms with Gasteiger partial charge in [-0.05, 0) is 25.7 Å². The monoisotopic (exact) mass is 213 g/mol. The molecule has 0 spiro atoms. The fraction of sp³-hybridized carbons (Fsp3) is 0.800. The summed E-state index contributed by atoms with van der Waals surface area (Å²) in [5.74, 6) is 1.69. The molecule has 0 aromatic carbocycles. The molecular formula is C10H16ClN3. The van der Waals surface area contributed by atoms with Crippen molar-refractivity contribution in [2.24, 2.45) is 5.92 Å². The van der Waals surface area contributed by atoms with E-state index in [1.807, 2.05) is 4.68 Å². The number of nitrogens with zero attached hydrogens (tertiary/aromatic N) is 3. The number of hydrogen-bond donors (Lipinski definition) is 0. The van der Waals surface area contributed by atoms with Crippen molar-refractivity contribution in [2.45, 2.75) is 44.5 Å². The smallest absolute Gasteiger partial charge is 0.138 e. The topological polar surface area (TPSA) is 30.7 Å². The first kappa shape index (κ1) is 9.97. The van der Waals surface area contributed by atoms with Crippen LogP contribution in [0, 0.1) is 5.92 Å². The lowest BCUT2D eigenvalue weighted by Crippen LogP contribution is -2.14. The lowest BCUT2D eigenvalue weighted by Gasteiger charge is -2.12. The van der Waals surface area contributed by atoms with Crippen LogP contribution < -0.4 is 0 Å². The van der Waals surface area contributed by atoms with Crippen LogP contribution in [0.5, 0.6) is 0 Å². The van der Waals surface area contributed by atoms with E-state index in [0.717, 1.165) is 25.2 Å². The summed E-state index contributed by atoms with van der Waals surface area (Å²) in [5.41, 5.74) is 0. The molecule has 78 valence electrons. The number of halogens is 1. The molecular weight excluding hydrogens is 198 g/mol. The molecule has 1 heterocycles. The Bertz CT molecular complexity index is 297. The van der Waals surface area contributed by atoms with Crippen LogP contribution in [0.15, 0.2) is 6.33 Å². The fourth-order valence-electron chi connectivity index (χ4n) is 2.17. The zero-order valence-electron chi connectivity index (χ0n) is 8.49. The summed E-state index contributed by atoms with van der Waals surface area (Å²) < 4.78 is 1.96. The molecule has 0 aliphatic heterocycles. The highest BCUT2D eigenvalue weighted by Gasteiger charge is 2.26. The van der Waals surface area contributed by atoms with Crippen LogP contribution in [0.2, 0.25) is 0 Å². The number of aryl methyl sites for hydroxylation is 1. The van der Waals surface area contributed by atoms with Crippen LogP contribution in [0.4, 0.5) is 0 Å². The first-order valence-electron chi connectivity index (χ1n) is 5.32. The largest absolute Gasteiger partial charge is 0.250 e. The molecule has 1 aromatic rings. The second-order valence-corrected chi connectivity index (χ2v) is 4.46. The van der Waals surface area contributed by atoms with Gasteiger partial charge in [0.05, 0.1) is 0 Å². The van der Waals surface area contributed by atoms with Gasteiger partial charge in [0.2, 0.25) is 0 Å². The van der Waals surface area contributed by atoms with Crippen LogP contribution in [-0.2, 0) is 13.0 Å². The first-order valence-corrected chi connectivity index (χ1v) is 5.75. The Hall–Kier alpha value is -0.570. The van der Waals surface area contributed by atoms with Gasteiger partial charge in [-0.15, -0.1) is 11.6 Å². The van der Waals surface area contributed by atoms with E-state index < -0.39 is 0 Å². The Labute approximate surface area is 89.5 Å². The number of alkyl halides is 1. The second-order valence-electron chi connectivity index (χ2n) is 3.90. The van der Waals surface area contributed by atoms with E-state index in [1.165, 1.54) is 12.8 Å². The normalized spacial score (nSPS) is 27.0. The Morgan fingerprint density at radius 3 is 3.07 bits per heavy atom. The van der Waals surface area contributed by atoms with Crippen molar-refractivity contribution in [2.75, 3.05) is 0 Å². The minimum atomic E-state index is 0.344. The van der Waals surface area contributed by atoms with Crippen LogP contribution in [0.25, 0.3) is 0 Å². The molecule has 2 unspecified atom stereocenters. The lowest BCUT2D eigenvalue weighted by atomic mass is 10.0. The minimum Gasteiger partial charge on any atom is -0.250 e. The van der Waals surface area contributed by atoms with Crippen molar-refractivity contribution in [1.82, 2.24) is 14.8 Å². The summed E-state index contributed by atoms with van der Waals surface area (Å²) in [4.78, 5) is 4.28. The van der Waals surface area contributed by atoms with Gasteiger partial charge in [0.25, 0.3) is 0 Å². The van der Waals surface area contributed by atoms with Crippen LogP contribution in [0.3, 0.4) is 0 Å². The summed E-state index contributed by atoms with van der Waals surface area (Å²) in [5, 5.41) is 4.51. The first-order chi connectivity index (χ1) is 6.81. The van der Waals surface area contributed by atoms with Gasteiger partial charge >= 0.3 is 0 Å². The van der Waals surface area contributed by atoms with Crippen molar-refractivity contribution < 1.29 is 0 Å². The van der Waals surface area contributed by atoms with Gasteiger partial charge in [-0.3, -0.25) is 4.68 Å². The van der Waals surface area contributed by atoms with Crippen molar-refractivity contribution in [1.29, 1.82) is 0 Å². The predicted molar refractivity (Wildman–Crippen MR) is 56.4 cm³/mol. The van der Waals surface area contributed by atoms with Crippen molar-refractivity contribution in [3.05, 3.63) is 12.2 Å². The van der Waals surface area contributed by atoms with Gasteiger partial charge in [-0.1, -0.05) is 6.42 Å². The maximum Gasteiger partial charge on any atom is 0.138 e. The SMILES string of the molecule is CCn1ncnc1CC1CCCC1Cl. The van der Waals surface area contributed by atoms with Gasteiger partial charge in [0.15, 0.2) is 0 Å². The molecule has 3 nitrogen and oxygen atoms in total. The molecule has 2 atom stereocenters. The molecule has 0 radical (unpaired) electrons. The fourth-order valence-corrected chi connectivity index (χ4v) is 2.54. The Balaban J connectivity index is 2.02. The maximum atomic E-state index is 6.23. The van der Waals surface area contributed by atoms with Crippen molar-refractivity contribution in [3.63, 3.8) is 0 Å². The molecule has 0 amide bonds. The van der Waals surface area contributed by atoms with Crippen LogP contribution >= 0.6 is 11.6 Å². The average molecular weight is 214 g/mol.